The number of carboxylic acids is 1. The first-order valence-electron chi connectivity index (χ1n) is 7.43. The summed E-state index contributed by atoms with van der Waals surface area (Å²) >= 11 is 0. The van der Waals surface area contributed by atoms with Crippen molar-refractivity contribution in [2.45, 2.75) is 19.3 Å². The summed E-state index contributed by atoms with van der Waals surface area (Å²) in [5.74, 6) is -1.45. The molecule has 8 nitrogen and oxygen atoms in total. The number of rotatable bonds is 7. The Balaban J connectivity index is 1.72. The lowest BCUT2D eigenvalue weighted by Crippen LogP contribution is -2.46. The van der Waals surface area contributed by atoms with Crippen LogP contribution >= 0.6 is 0 Å². The van der Waals surface area contributed by atoms with Crippen LogP contribution in [0.2, 0.25) is 0 Å². The second kappa shape index (κ2) is 7.77. The van der Waals surface area contributed by atoms with Gasteiger partial charge in [-0.2, -0.15) is 0 Å². The number of ether oxygens (including phenoxy) is 1. The molecule has 2 heterocycles. The molecule has 1 aromatic heterocycles. The first-order chi connectivity index (χ1) is 11.0. The van der Waals surface area contributed by atoms with E-state index in [1.807, 2.05) is 0 Å². The Kier molecular flexibility index (Phi) is 5.75. The average Bonchev–Trinajstić information content (AvgIpc) is 3.08. The van der Waals surface area contributed by atoms with E-state index >= 15 is 0 Å². The molecule has 2 rings (SSSR count). The van der Waals surface area contributed by atoms with Gasteiger partial charge in [0.1, 0.15) is 0 Å². The lowest BCUT2D eigenvalue weighted by Gasteiger charge is -2.33. The Morgan fingerprint density at radius 3 is 2.57 bits per heavy atom. The minimum atomic E-state index is -0.967. The summed E-state index contributed by atoms with van der Waals surface area (Å²) in [5.41, 5.74) is -0.967. The predicted octanol–water partition coefficient (Wildman–Crippen LogP) is 0.397. The van der Waals surface area contributed by atoms with Crippen LogP contribution < -0.4 is 10.6 Å². The highest BCUT2D eigenvalue weighted by Crippen LogP contribution is 2.30. The van der Waals surface area contributed by atoms with Crippen molar-refractivity contribution in [3.05, 3.63) is 24.2 Å². The van der Waals surface area contributed by atoms with Crippen molar-refractivity contribution in [1.82, 2.24) is 10.6 Å². The molecule has 2 amide bonds. The highest BCUT2D eigenvalue weighted by Gasteiger charge is 2.40. The first-order valence-corrected chi connectivity index (χ1v) is 7.43. The van der Waals surface area contributed by atoms with Gasteiger partial charge in [0.15, 0.2) is 5.76 Å². The van der Waals surface area contributed by atoms with E-state index in [0.717, 1.165) is 0 Å². The van der Waals surface area contributed by atoms with Crippen molar-refractivity contribution in [2.24, 2.45) is 5.41 Å². The highest BCUT2D eigenvalue weighted by atomic mass is 16.5. The van der Waals surface area contributed by atoms with Crippen LogP contribution in [-0.4, -0.2) is 49.2 Å². The zero-order valence-electron chi connectivity index (χ0n) is 12.7. The summed E-state index contributed by atoms with van der Waals surface area (Å²) in [6.07, 6.45) is 2.20. The maximum atomic E-state index is 11.8. The van der Waals surface area contributed by atoms with Crippen LogP contribution in [0.3, 0.4) is 0 Å². The van der Waals surface area contributed by atoms with Crippen LogP contribution in [0, 0.1) is 5.41 Å². The van der Waals surface area contributed by atoms with Gasteiger partial charge in [0.25, 0.3) is 5.91 Å². The fraction of sp³-hybridized carbons (Fsp3) is 0.533. The van der Waals surface area contributed by atoms with Crippen LogP contribution in [0.15, 0.2) is 22.8 Å². The molecule has 0 saturated carbocycles. The number of furan rings is 1. The van der Waals surface area contributed by atoms with Crippen LogP contribution in [0.25, 0.3) is 0 Å². The molecular weight excluding hydrogens is 304 g/mol. The van der Waals surface area contributed by atoms with Crippen LogP contribution in [0.4, 0.5) is 0 Å². The summed E-state index contributed by atoms with van der Waals surface area (Å²) in [7, 11) is 0. The maximum Gasteiger partial charge on any atom is 0.311 e. The second-order valence-corrected chi connectivity index (χ2v) is 5.46. The van der Waals surface area contributed by atoms with Crippen LogP contribution in [0.5, 0.6) is 0 Å². The van der Waals surface area contributed by atoms with E-state index in [0.29, 0.717) is 26.1 Å². The molecule has 3 N–H and O–H groups in total. The Morgan fingerprint density at radius 2 is 1.96 bits per heavy atom. The molecule has 1 aliphatic rings. The Morgan fingerprint density at radius 1 is 1.22 bits per heavy atom. The van der Waals surface area contributed by atoms with E-state index in [1.165, 1.54) is 12.3 Å². The Hall–Kier alpha value is -2.35. The zero-order valence-corrected chi connectivity index (χ0v) is 12.7. The topological polar surface area (TPSA) is 118 Å². The van der Waals surface area contributed by atoms with Gasteiger partial charge in [0.05, 0.1) is 11.7 Å². The molecule has 1 fully saturated rings. The standard InChI is InChI=1S/C15H20N2O6/c18-12(3-6-16-13(19)11-2-1-7-23-11)17-10-15(14(20)21)4-8-22-9-5-15/h1-2,7H,3-6,8-10H2,(H,16,19)(H,17,18)(H,20,21). The monoisotopic (exact) mass is 324 g/mol. The van der Waals surface area contributed by atoms with E-state index in [4.69, 9.17) is 9.15 Å². The van der Waals surface area contributed by atoms with Gasteiger partial charge >= 0.3 is 5.97 Å². The van der Waals surface area contributed by atoms with Crippen molar-refractivity contribution in [2.75, 3.05) is 26.3 Å². The third-order valence-electron chi connectivity index (χ3n) is 3.91. The van der Waals surface area contributed by atoms with Gasteiger partial charge < -0.3 is 24.9 Å². The van der Waals surface area contributed by atoms with Gasteiger partial charge in [0, 0.05) is 32.7 Å². The maximum absolute atomic E-state index is 11.8. The van der Waals surface area contributed by atoms with Crippen LogP contribution in [0.1, 0.15) is 29.8 Å². The third-order valence-corrected chi connectivity index (χ3v) is 3.91. The molecule has 1 saturated heterocycles. The van der Waals surface area contributed by atoms with Crippen molar-refractivity contribution in [3.8, 4) is 0 Å². The molecule has 0 atom stereocenters. The number of aliphatic carboxylic acids is 1. The van der Waals surface area contributed by atoms with Gasteiger partial charge in [-0.25, -0.2) is 0 Å². The van der Waals surface area contributed by atoms with E-state index in [9.17, 15) is 19.5 Å². The largest absolute Gasteiger partial charge is 0.481 e. The normalized spacial score (nSPS) is 16.5. The number of carbonyl (C=O) groups excluding carboxylic acids is 2. The van der Waals surface area contributed by atoms with Gasteiger partial charge in [-0.3, -0.25) is 14.4 Å². The number of carboxylic acid groups (broad SMARTS) is 1. The van der Waals surface area contributed by atoms with Gasteiger partial charge in [-0.15, -0.1) is 0 Å². The van der Waals surface area contributed by atoms with Crippen LogP contribution in [-0.2, 0) is 14.3 Å². The molecule has 8 heteroatoms. The van der Waals surface area contributed by atoms with Gasteiger partial charge in [-0.05, 0) is 25.0 Å². The smallest absolute Gasteiger partial charge is 0.311 e. The molecule has 1 aliphatic heterocycles. The van der Waals surface area contributed by atoms with E-state index in [1.54, 1.807) is 6.07 Å². The molecule has 0 bridgehead atoms. The average molecular weight is 324 g/mol. The lowest BCUT2D eigenvalue weighted by molar-refractivity contribution is -0.154. The van der Waals surface area contributed by atoms with E-state index in [-0.39, 0.29) is 31.2 Å². The minimum absolute atomic E-state index is 0.0661. The molecule has 126 valence electrons. The van der Waals surface area contributed by atoms with E-state index < -0.39 is 17.3 Å². The van der Waals surface area contributed by atoms with Crippen molar-refractivity contribution in [1.29, 1.82) is 0 Å². The fourth-order valence-electron chi connectivity index (χ4n) is 2.37. The fourth-order valence-corrected chi connectivity index (χ4v) is 2.37. The minimum Gasteiger partial charge on any atom is -0.481 e. The summed E-state index contributed by atoms with van der Waals surface area (Å²) in [4.78, 5) is 34.9. The van der Waals surface area contributed by atoms with Crippen molar-refractivity contribution in [3.63, 3.8) is 0 Å². The van der Waals surface area contributed by atoms with Gasteiger partial charge in [0.2, 0.25) is 5.91 Å². The molecule has 0 radical (unpaired) electrons. The quantitative estimate of drug-likeness (QED) is 0.668. The summed E-state index contributed by atoms with van der Waals surface area (Å²) in [6, 6.07) is 3.12. The molecular formula is C15H20N2O6. The van der Waals surface area contributed by atoms with Crippen molar-refractivity contribution >= 4 is 17.8 Å². The molecule has 0 unspecified atom stereocenters. The highest BCUT2D eigenvalue weighted by molar-refractivity contribution is 5.91. The molecule has 1 aromatic rings. The zero-order chi connectivity index (χ0) is 16.7. The Bertz CT molecular complexity index is 548. The van der Waals surface area contributed by atoms with Gasteiger partial charge in [-0.1, -0.05) is 0 Å². The predicted molar refractivity (Wildman–Crippen MR) is 78.8 cm³/mol. The number of hydrogen-bond donors (Lipinski definition) is 3. The number of hydrogen-bond acceptors (Lipinski definition) is 5. The molecule has 23 heavy (non-hydrogen) atoms. The first kappa shape index (κ1) is 17.0. The summed E-state index contributed by atoms with van der Waals surface area (Å²) < 4.78 is 10.1. The second-order valence-electron chi connectivity index (χ2n) is 5.46. The SMILES string of the molecule is O=C(CCNC(=O)c1ccco1)NCC1(C(=O)O)CCOCC1. The number of nitrogens with one attached hydrogen (secondary N) is 2. The van der Waals surface area contributed by atoms with Crippen molar-refractivity contribution < 1.29 is 28.6 Å². The number of carbonyl (C=O) groups is 3. The molecule has 0 aliphatic carbocycles. The van der Waals surface area contributed by atoms with E-state index in [2.05, 4.69) is 10.6 Å². The number of amides is 2. The molecule has 0 spiro atoms. The lowest BCUT2D eigenvalue weighted by atomic mass is 9.80. The Labute approximate surface area is 133 Å². The summed E-state index contributed by atoms with van der Waals surface area (Å²) in [6.45, 7) is 0.966. The molecule has 0 aromatic carbocycles. The third kappa shape index (κ3) is 4.56. The summed E-state index contributed by atoms with van der Waals surface area (Å²) in [5, 5.41) is 14.6.